The van der Waals surface area contributed by atoms with Gasteiger partial charge in [0.1, 0.15) is 11.6 Å². The molecule has 0 atom stereocenters. The Morgan fingerprint density at radius 2 is 2.19 bits per heavy atom. The molecular weight excluding hydrogens is 218 g/mol. The van der Waals surface area contributed by atoms with E-state index >= 15 is 0 Å². The van der Waals surface area contributed by atoms with Crippen molar-refractivity contribution in [2.75, 3.05) is 29.5 Å². The number of hydrogen-bond donors (Lipinski definition) is 0. The summed E-state index contributed by atoms with van der Waals surface area (Å²) in [6.45, 7) is 4.44. The molecule has 0 aliphatic carbocycles. The first kappa shape index (κ1) is 11.7. The van der Waals surface area contributed by atoms with Crippen molar-refractivity contribution in [1.29, 1.82) is 0 Å². The van der Waals surface area contributed by atoms with Crippen molar-refractivity contribution in [3.05, 3.63) is 18.1 Å². The van der Waals surface area contributed by atoms with E-state index in [2.05, 4.69) is 21.8 Å². The maximum atomic E-state index is 4.64. The molecule has 0 amide bonds. The summed E-state index contributed by atoms with van der Waals surface area (Å²) in [6.07, 6.45) is 5.29. The quantitative estimate of drug-likeness (QED) is 0.804. The third-order valence-corrected chi connectivity index (χ3v) is 3.72. The Bertz CT molecular complexity index is 324. The standard InChI is InChI=1S/C12H19N3S/c1-2-3-4-11-13-6-5-12(14-11)15-7-9-16-10-8-15/h5-6H,2-4,7-10H2,1H3. The van der Waals surface area contributed by atoms with Gasteiger partial charge >= 0.3 is 0 Å². The van der Waals surface area contributed by atoms with Crippen LogP contribution in [0, 0.1) is 0 Å². The van der Waals surface area contributed by atoms with Gasteiger partial charge in [0.2, 0.25) is 0 Å². The van der Waals surface area contributed by atoms with Crippen molar-refractivity contribution in [3.8, 4) is 0 Å². The lowest BCUT2D eigenvalue weighted by atomic mass is 10.2. The molecule has 1 saturated heterocycles. The van der Waals surface area contributed by atoms with Crippen LogP contribution in [-0.2, 0) is 6.42 Å². The van der Waals surface area contributed by atoms with E-state index in [4.69, 9.17) is 0 Å². The molecule has 16 heavy (non-hydrogen) atoms. The molecule has 0 radical (unpaired) electrons. The lowest BCUT2D eigenvalue weighted by Crippen LogP contribution is -2.33. The molecule has 1 fully saturated rings. The second-order valence-corrected chi connectivity index (χ2v) is 5.26. The number of rotatable bonds is 4. The SMILES string of the molecule is CCCCc1nccc(N2CCSCC2)n1. The largest absolute Gasteiger partial charge is 0.355 e. The second-order valence-electron chi connectivity index (χ2n) is 4.03. The highest BCUT2D eigenvalue weighted by Crippen LogP contribution is 2.16. The molecule has 1 aliphatic rings. The van der Waals surface area contributed by atoms with Gasteiger partial charge in [-0.05, 0) is 12.5 Å². The molecule has 2 rings (SSSR count). The van der Waals surface area contributed by atoms with Crippen molar-refractivity contribution in [2.24, 2.45) is 0 Å². The highest BCUT2D eigenvalue weighted by molar-refractivity contribution is 7.99. The zero-order valence-electron chi connectivity index (χ0n) is 9.85. The van der Waals surface area contributed by atoms with Crippen LogP contribution >= 0.6 is 11.8 Å². The van der Waals surface area contributed by atoms with Gasteiger partial charge in [-0.3, -0.25) is 0 Å². The Hall–Kier alpha value is -0.770. The van der Waals surface area contributed by atoms with Crippen molar-refractivity contribution in [2.45, 2.75) is 26.2 Å². The normalized spacial score (nSPS) is 16.4. The molecule has 0 N–H and O–H groups in total. The molecule has 3 nitrogen and oxygen atoms in total. The van der Waals surface area contributed by atoms with Crippen LogP contribution < -0.4 is 4.90 Å². The van der Waals surface area contributed by atoms with Crippen LogP contribution in [0.2, 0.25) is 0 Å². The summed E-state index contributed by atoms with van der Waals surface area (Å²) in [5, 5.41) is 0. The maximum Gasteiger partial charge on any atom is 0.132 e. The van der Waals surface area contributed by atoms with Gasteiger partial charge in [-0.1, -0.05) is 13.3 Å². The molecule has 0 unspecified atom stereocenters. The van der Waals surface area contributed by atoms with Crippen LogP contribution in [0.4, 0.5) is 5.82 Å². The topological polar surface area (TPSA) is 29.0 Å². The third-order valence-electron chi connectivity index (χ3n) is 2.78. The van der Waals surface area contributed by atoms with E-state index in [9.17, 15) is 0 Å². The molecule has 1 aromatic rings. The molecule has 2 heterocycles. The molecule has 0 bridgehead atoms. The number of aryl methyl sites for hydroxylation is 1. The van der Waals surface area contributed by atoms with Crippen molar-refractivity contribution >= 4 is 17.6 Å². The average Bonchev–Trinajstić information content (AvgIpc) is 2.38. The molecular formula is C12H19N3S. The summed E-state index contributed by atoms with van der Waals surface area (Å²) >= 11 is 2.03. The molecule has 0 aromatic carbocycles. The monoisotopic (exact) mass is 237 g/mol. The predicted molar refractivity (Wildman–Crippen MR) is 70.2 cm³/mol. The van der Waals surface area contributed by atoms with Gasteiger partial charge in [-0.2, -0.15) is 11.8 Å². The Morgan fingerprint density at radius 3 is 2.94 bits per heavy atom. The van der Waals surface area contributed by atoms with Crippen molar-refractivity contribution in [3.63, 3.8) is 0 Å². The summed E-state index contributed by atoms with van der Waals surface area (Å²) in [5.41, 5.74) is 0. The van der Waals surface area contributed by atoms with Gasteiger partial charge in [0.15, 0.2) is 0 Å². The summed E-state index contributed by atoms with van der Waals surface area (Å²) in [5.74, 6) is 4.54. The fourth-order valence-electron chi connectivity index (χ4n) is 1.81. The Kier molecular flexibility index (Phi) is 4.45. The fraction of sp³-hybridized carbons (Fsp3) is 0.667. The van der Waals surface area contributed by atoms with Gasteiger partial charge in [-0.25, -0.2) is 9.97 Å². The van der Waals surface area contributed by atoms with Gasteiger partial charge in [0.25, 0.3) is 0 Å². The lowest BCUT2D eigenvalue weighted by Gasteiger charge is -2.27. The van der Waals surface area contributed by atoms with Crippen LogP contribution in [0.1, 0.15) is 25.6 Å². The van der Waals surface area contributed by atoms with Crippen LogP contribution in [0.15, 0.2) is 12.3 Å². The van der Waals surface area contributed by atoms with E-state index < -0.39 is 0 Å². The van der Waals surface area contributed by atoms with E-state index in [1.807, 2.05) is 24.0 Å². The average molecular weight is 237 g/mol. The minimum absolute atomic E-state index is 0.998. The first-order valence-corrected chi connectivity index (χ1v) is 7.20. The predicted octanol–water partition coefficient (Wildman–Crippen LogP) is 2.37. The number of nitrogens with zero attached hydrogens (tertiary/aromatic N) is 3. The Labute approximate surface area is 102 Å². The summed E-state index contributed by atoms with van der Waals surface area (Å²) in [7, 11) is 0. The fourth-order valence-corrected chi connectivity index (χ4v) is 2.72. The van der Waals surface area contributed by atoms with E-state index in [1.165, 1.54) is 24.3 Å². The maximum absolute atomic E-state index is 4.64. The number of anilines is 1. The number of unbranched alkanes of at least 4 members (excludes halogenated alkanes) is 1. The zero-order valence-corrected chi connectivity index (χ0v) is 10.7. The molecule has 1 aromatic heterocycles. The summed E-state index contributed by atoms with van der Waals surface area (Å²) in [4.78, 5) is 11.3. The highest BCUT2D eigenvalue weighted by Gasteiger charge is 2.12. The van der Waals surface area contributed by atoms with E-state index in [0.717, 1.165) is 31.2 Å². The summed E-state index contributed by atoms with van der Waals surface area (Å²) in [6, 6.07) is 2.03. The van der Waals surface area contributed by atoms with E-state index in [-0.39, 0.29) is 0 Å². The van der Waals surface area contributed by atoms with E-state index in [1.54, 1.807) is 0 Å². The Balaban J connectivity index is 2.02. The molecule has 0 saturated carbocycles. The highest BCUT2D eigenvalue weighted by atomic mass is 32.2. The summed E-state index contributed by atoms with van der Waals surface area (Å²) < 4.78 is 0. The van der Waals surface area contributed by atoms with Crippen LogP contribution in [0.25, 0.3) is 0 Å². The van der Waals surface area contributed by atoms with E-state index in [0.29, 0.717) is 0 Å². The minimum Gasteiger partial charge on any atom is -0.355 e. The van der Waals surface area contributed by atoms with Crippen LogP contribution in [0.5, 0.6) is 0 Å². The van der Waals surface area contributed by atoms with Gasteiger partial charge in [0, 0.05) is 37.2 Å². The zero-order chi connectivity index (χ0) is 11.2. The number of thioether (sulfide) groups is 1. The van der Waals surface area contributed by atoms with Crippen molar-refractivity contribution in [1.82, 2.24) is 9.97 Å². The first-order valence-electron chi connectivity index (χ1n) is 6.05. The van der Waals surface area contributed by atoms with Crippen molar-refractivity contribution < 1.29 is 0 Å². The molecule has 88 valence electrons. The van der Waals surface area contributed by atoms with Gasteiger partial charge in [0.05, 0.1) is 0 Å². The van der Waals surface area contributed by atoms with Crippen LogP contribution in [-0.4, -0.2) is 34.6 Å². The van der Waals surface area contributed by atoms with Crippen LogP contribution in [0.3, 0.4) is 0 Å². The Morgan fingerprint density at radius 1 is 1.38 bits per heavy atom. The number of hydrogen-bond acceptors (Lipinski definition) is 4. The smallest absolute Gasteiger partial charge is 0.132 e. The molecule has 1 aliphatic heterocycles. The first-order chi connectivity index (χ1) is 7.90. The molecule has 4 heteroatoms. The third kappa shape index (κ3) is 3.11. The number of aromatic nitrogens is 2. The van der Waals surface area contributed by atoms with Gasteiger partial charge in [-0.15, -0.1) is 0 Å². The van der Waals surface area contributed by atoms with Gasteiger partial charge < -0.3 is 4.90 Å². The minimum atomic E-state index is 0.998. The molecule has 0 spiro atoms. The lowest BCUT2D eigenvalue weighted by molar-refractivity contribution is 0.742. The second kappa shape index (κ2) is 6.09.